The van der Waals surface area contributed by atoms with Gasteiger partial charge in [-0.05, 0) is 42.2 Å². The number of urea groups is 1. The molecule has 132 valence electrons. The molecule has 3 N–H and O–H groups in total. The van der Waals surface area contributed by atoms with E-state index in [4.69, 9.17) is 5.14 Å². The summed E-state index contributed by atoms with van der Waals surface area (Å²) in [6.45, 7) is 3.05. The van der Waals surface area contributed by atoms with E-state index in [2.05, 4.69) is 11.4 Å². The van der Waals surface area contributed by atoms with E-state index >= 15 is 0 Å². The van der Waals surface area contributed by atoms with Crippen LogP contribution in [0.5, 0.6) is 0 Å². The highest BCUT2D eigenvalue weighted by atomic mass is 32.2. The van der Waals surface area contributed by atoms with Crippen molar-refractivity contribution in [3.05, 3.63) is 65.2 Å². The average Bonchev–Trinajstić information content (AvgIpc) is 2.60. The first-order chi connectivity index (χ1) is 11.8. The molecule has 1 atom stereocenters. The average molecular weight is 359 g/mol. The van der Waals surface area contributed by atoms with Crippen molar-refractivity contribution in [3.63, 3.8) is 0 Å². The lowest BCUT2D eigenvalue weighted by atomic mass is 10.0. The number of hydrogen-bond donors (Lipinski definition) is 2. The number of amides is 2. The SMILES string of the molecule is C[C@@H](NC(=O)N1CCc2ccccc2C1)c1cccc(S(N)(=O)=O)c1. The topological polar surface area (TPSA) is 92.5 Å². The van der Waals surface area contributed by atoms with Crippen molar-refractivity contribution in [3.8, 4) is 0 Å². The Morgan fingerprint density at radius 3 is 2.60 bits per heavy atom. The van der Waals surface area contributed by atoms with Crippen LogP contribution in [0.1, 0.15) is 29.7 Å². The molecule has 25 heavy (non-hydrogen) atoms. The molecule has 3 rings (SSSR count). The molecule has 0 fully saturated rings. The van der Waals surface area contributed by atoms with Crippen LogP contribution < -0.4 is 10.5 Å². The summed E-state index contributed by atoms with van der Waals surface area (Å²) >= 11 is 0. The van der Waals surface area contributed by atoms with Crippen molar-refractivity contribution < 1.29 is 13.2 Å². The van der Waals surface area contributed by atoms with Crippen LogP contribution in [0.25, 0.3) is 0 Å². The highest BCUT2D eigenvalue weighted by Crippen LogP contribution is 2.20. The van der Waals surface area contributed by atoms with Gasteiger partial charge in [0.1, 0.15) is 0 Å². The van der Waals surface area contributed by atoms with Crippen LogP contribution in [0.4, 0.5) is 4.79 Å². The van der Waals surface area contributed by atoms with Crippen molar-refractivity contribution in [2.45, 2.75) is 30.8 Å². The van der Waals surface area contributed by atoms with E-state index in [9.17, 15) is 13.2 Å². The molecule has 2 amide bonds. The largest absolute Gasteiger partial charge is 0.331 e. The zero-order chi connectivity index (χ0) is 18.0. The van der Waals surface area contributed by atoms with Gasteiger partial charge in [-0.15, -0.1) is 0 Å². The van der Waals surface area contributed by atoms with Crippen molar-refractivity contribution in [2.24, 2.45) is 5.14 Å². The zero-order valence-electron chi connectivity index (χ0n) is 14.0. The Kier molecular flexibility index (Phi) is 4.78. The second-order valence-corrected chi connectivity index (χ2v) is 7.79. The van der Waals surface area contributed by atoms with Crippen LogP contribution in [-0.4, -0.2) is 25.9 Å². The van der Waals surface area contributed by atoms with Gasteiger partial charge in [0.05, 0.1) is 10.9 Å². The van der Waals surface area contributed by atoms with Gasteiger partial charge in [0.15, 0.2) is 0 Å². The van der Waals surface area contributed by atoms with E-state index < -0.39 is 10.0 Å². The van der Waals surface area contributed by atoms with Crippen LogP contribution in [0.3, 0.4) is 0 Å². The van der Waals surface area contributed by atoms with Gasteiger partial charge < -0.3 is 10.2 Å². The van der Waals surface area contributed by atoms with Crippen LogP contribution in [0.15, 0.2) is 53.4 Å². The molecular weight excluding hydrogens is 338 g/mol. The normalized spacial score (nSPS) is 15.4. The van der Waals surface area contributed by atoms with Gasteiger partial charge in [-0.2, -0.15) is 0 Å². The summed E-state index contributed by atoms with van der Waals surface area (Å²) in [5, 5.41) is 8.09. The molecule has 0 aliphatic carbocycles. The number of carbonyl (C=O) groups is 1. The molecule has 0 radical (unpaired) electrons. The molecule has 6 nitrogen and oxygen atoms in total. The minimum atomic E-state index is -3.76. The Bertz CT molecular complexity index is 896. The number of sulfonamides is 1. The molecule has 1 heterocycles. The quantitative estimate of drug-likeness (QED) is 0.879. The van der Waals surface area contributed by atoms with Crippen molar-refractivity contribution in [1.29, 1.82) is 0 Å². The molecule has 1 aliphatic heterocycles. The molecule has 2 aromatic rings. The summed E-state index contributed by atoms with van der Waals surface area (Å²) in [5.74, 6) is 0. The third kappa shape index (κ3) is 4.00. The molecule has 2 aromatic carbocycles. The lowest BCUT2D eigenvalue weighted by molar-refractivity contribution is 0.189. The van der Waals surface area contributed by atoms with Crippen molar-refractivity contribution in [2.75, 3.05) is 6.54 Å². The maximum absolute atomic E-state index is 12.5. The van der Waals surface area contributed by atoms with Gasteiger partial charge in [-0.1, -0.05) is 36.4 Å². The summed E-state index contributed by atoms with van der Waals surface area (Å²) in [5.41, 5.74) is 3.13. The van der Waals surface area contributed by atoms with Gasteiger partial charge in [-0.25, -0.2) is 18.4 Å². The summed E-state index contributed by atoms with van der Waals surface area (Å²) in [6, 6.07) is 13.9. The summed E-state index contributed by atoms with van der Waals surface area (Å²) < 4.78 is 23.0. The standard InChI is InChI=1S/C18H21N3O3S/c1-13(15-7-4-8-17(11-15)25(19,23)24)20-18(22)21-10-9-14-5-2-3-6-16(14)12-21/h2-8,11,13H,9-10,12H2,1H3,(H,20,22)(H2,19,23,24)/t13-/m1/s1. The number of hydrogen-bond acceptors (Lipinski definition) is 3. The zero-order valence-corrected chi connectivity index (χ0v) is 14.8. The third-order valence-electron chi connectivity index (χ3n) is 4.44. The van der Waals surface area contributed by atoms with E-state index in [1.807, 2.05) is 25.1 Å². The lowest BCUT2D eigenvalue weighted by Gasteiger charge is -2.30. The maximum Gasteiger partial charge on any atom is 0.318 e. The fourth-order valence-electron chi connectivity index (χ4n) is 2.99. The summed E-state index contributed by atoms with van der Waals surface area (Å²) in [4.78, 5) is 14.4. The number of fused-ring (bicyclic) bond motifs is 1. The van der Waals surface area contributed by atoms with Crippen LogP contribution in [-0.2, 0) is 23.0 Å². The molecular formula is C18H21N3O3S. The summed E-state index contributed by atoms with van der Waals surface area (Å²) in [7, 11) is -3.76. The lowest BCUT2D eigenvalue weighted by Crippen LogP contribution is -2.43. The highest BCUT2D eigenvalue weighted by Gasteiger charge is 2.22. The predicted molar refractivity (Wildman–Crippen MR) is 95.3 cm³/mol. The minimum Gasteiger partial charge on any atom is -0.331 e. The number of benzene rings is 2. The van der Waals surface area contributed by atoms with Gasteiger partial charge in [0.2, 0.25) is 10.0 Å². The minimum absolute atomic E-state index is 0.0398. The first-order valence-electron chi connectivity index (χ1n) is 8.09. The Morgan fingerprint density at radius 2 is 1.88 bits per heavy atom. The molecule has 0 unspecified atom stereocenters. The number of primary sulfonamides is 1. The monoisotopic (exact) mass is 359 g/mol. The molecule has 0 aromatic heterocycles. The van der Waals surface area contributed by atoms with Crippen LogP contribution in [0, 0.1) is 0 Å². The highest BCUT2D eigenvalue weighted by molar-refractivity contribution is 7.89. The Balaban J connectivity index is 1.69. The predicted octanol–water partition coefficient (Wildman–Crippen LogP) is 2.16. The number of nitrogens with zero attached hydrogens (tertiary/aromatic N) is 1. The second-order valence-electron chi connectivity index (χ2n) is 6.23. The number of carbonyl (C=O) groups excluding carboxylic acids is 1. The third-order valence-corrected chi connectivity index (χ3v) is 5.36. The first kappa shape index (κ1) is 17.4. The smallest absolute Gasteiger partial charge is 0.318 e. The number of rotatable bonds is 3. The molecule has 0 bridgehead atoms. The van der Waals surface area contributed by atoms with Crippen LogP contribution in [0.2, 0.25) is 0 Å². The van der Waals surface area contributed by atoms with E-state index in [0.717, 1.165) is 12.0 Å². The van der Waals surface area contributed by atoms with Crippen LogP contribution >= 0.6 is 0 Å². The molecule has 7 heteroatoms. The summed E-state index contributed by atoms with van der Waals surface area (Å²) in [6.07, 6.45) is 0.832. The van der Waals surface area contributed by atoms with Crippen molar-refractivity contribution in [1.82, 2.24) is 10.2 Å². The number of nitrogens with one attached hydrogen (secondary N) is 1. The van der Waals surface area contributed by atoms with Gasteiger partial charge >= 0.3 is 6.03 Å². The Hall–Kier alpha value is -2.38. The molecule has 0 saturated heterocycles. The maximum atomic E-state index is 12.5. The van der Waals surface area contributed by atoms with E-state index in [0.29, 0.717) is 18.7 Å². The Morgan fingerprint density at radius 1 is 1.16 bits per heavy atom. The fourth-order valence-corrected chi connectivity index (χ4v) is 3.56. The fraction of sp³-hybridized carbons (Fsp3) is 0.278. The van der Waals surface area contributed by atoms with E-state index in [1.54, 1.807) is 17.0 Å². The van der Waals surface area contributed by atoms with Gasteiger partial charge in [-0.3, -0.25) is 0 Å². The van der Waals surface area contributed by atoms with E-state index in [1.165, 1.54) is 17.7 Å². The Labute approximate surface area is 147 Å². The van der Waals surface area contributed by atoms with E-state index in [-0.39, 0.29) is 17.0 Å². The van der Waals surface area contributed by atoms with Crippen molar-refractivity contribution >= 4 is 16.1 Å². The molecule has 1 aliphatic rings. The van der Waals surface area contributed by atoms with Gasteiger partial charge in [0.25, 0.3) is 0 Å². The second kappa shape index (κ2) is 6.85. The molecule has 0 spiro atoms. The first-order valence-corrected chi connectivity index (χ1v) is 9.64. The molecule has 0 saturated carbocycles. The van der Waals surface area contributed by atoms with Gasteiger partial charge in [0, 0.05) is 13.1 Å². The number of nitrogens with two attached hydrogens (primary N) is 1.